The van der Waals surface area contributed by atoms with E-state index in [-0.39, 0.29) is 0 Å². The van der Waals surface area contributed by atoms with Crippen LogP contribution in [0, 0.1) is 25.2 Å². The lowest BCUT2D eigenvalue weighted by Gasteiger charge is -2.15. The molecule has 0 amide bonds. The Kier molecular flexibility index (Phi) is 4.09. The first-order valence-corrected chi connectivity index (χ1v) is 6.56. The van der Waals surface area contributed by atoms with E-state index in [2.05, 4.69) is 11.1 Å². The van der Waals surface area contributed by atoms with Crippen LogP contribution < -0.4 is 0 Å². The summed E-state index contributed by atoms with van der Waals surface area (Å²) in [7, 11) is 0. The maximum atomic E-state index is 9.45. The molecule has 0 bridgehead atoms. The van der Waals surface area contributed by atoms with Crippen molar-refractivity contribution < 1.29 is 0 Å². The fraction of sp³-hybridized carbons (Fsp3) is 0.200. The van der Waals surface area contributed by atoms with Crippen molar-refractivity contribution in [1.82, 2.24) is 4.98 Å². The largest absolute Gasteiger partial charge is 0.244 e. The van der Waals surface area contributed by atoms with Crippen molar-refractivity contribution >= 4 is 23.2 Å². The SMILES string of the molecule is Cc1cc(C)c(C(C#N)c2ccc(Cl)nc2)c(Cl)c1. The molecule has 0 radical (unpaired) electrons. The highest BCUT2D eigenvalue weighted by Gasteiger charge is 2.19. The van der Waals surface area contributed by atoms with Crippen molar-refractivity contribution in [2.75, 3.05) is 0 Å². The van der Waals surface area contributed by atoms with Gasteiger partial charge in [-0.25, -0.2) is 4.98 Å². The zero-order valence-corrected chi connectivity index (χ0v) is 12.1. The van der Waals surface area contributed by atoms with Crippen LogP contribution in [0.3, 0.4) is 0 Å². The summed E-state index contributed by atoms with van der Waals surface area (Å²) in [6.07, 6.45) is 1.62. The number of aryl methyl sites for hydroxylation is 2. The van der Waals surface area contributed by atoms with Crippen molar-refractivity contribution in [3.05, 3.63) is 62.9 Å². The van der Waals surface area contributed by atoms with E-state index in [4.69, 9.17) is 23.2 Å². The van der Waals surface area contributed by atoms with Crippen LogP contribution in [0.1, 0.15) is 28.2 Å². The van der Waals surface area contributed by atoms with E-state index in [0.717, 1.165) is 22.3 Å². The first kappa shape index (κ1) is 13.9. The molecule has 1 aromatic heterocycles. The molecule has 0 spiro atoms. The van der Waals surface area contributed by atoms with Gasteiger partial charge in [-0.2, -0.15) is 5.26 Å². The van der Waals surface area contributed by atoms with E-state index in [1.54, 1.807) is 18.3 Å². The number of nitriles is 1. The fourth-order valence-corrected chi connectivity index (χ4v) is 2.70. The fourth-order valence-electron chi connectivity index (χ4n) is 2.16. The first-order valence-electron chi connectivity index (χ1n) is 5.80. The van der Waals surface area contributed by atoms with Gasteiger partial charge in [0.1, 0.15) is 5.15 Å². The number of hydrogen-bond acceptors (Lipinski definition) is 2. The Morgan fingerprint density at radius 2 is 1.95 bits per heavy atom. The maximum Gasteiger partial charge on any atom is 0.129 e. The van der Waals surface area contributed by atoms with Gasteiger partial charge in [-0.1, -0.05) is 35.3 Å². The Bertz CT molecular complexity index is 619. The van der Waals surface area contributed by atoms with Gasteiger partial charge in [0.05, 0.1) is 12.0 Å². The zero-order valence-electron chi connectivity index (χ0n) is 10.6. The minimum absolute atomic E-state index is 0.409. The van der Waals surface area contributed by atoms with Crippen LogP contribution in [0.4, 0.5) is 0 Å². The quantitative estimate of drug-likeness (QED) is 0.754. The number of pyridine rings is 1. The van der Waals surface area contributed by atoms with Crippen molar-refractivity contribution in [3.8, 4) is 6.07 Å². The normalized spacial score (nSPS) is 11.9. The maximum absolute atomic E-state index is 9.45. The molecule has 1 heterocycles. The summed E-state index contributed by atoms with van der Waals surface area (Å²) in [5.41, 5.74) is 3.71. The van der Waals surface area contributed by atoms with Crippen LogP contribution in [0.2, 0.25) is 10.2 Å². The summed E-state index contributed by atoms with van der Waals surface area (Å²) in [6.45, 7) is 3.94. The molecule has 2 rings (SSSR count). The van der Waals surface area contributed by atoms with Crippen LogP contribution in [0.5, 0.6) is 0 Å². The second-order valence-corrected chi connectivity index (χ2v) is 5.25. The molecular formula is C15H12Cl2N2. The van der Waals surface area contributed by atoms with E-state index in [9.17, 15) is 5.26 Å². The van der Waals surface area contributed by atoms with Gasteiger partial charge in [0, 0.05) is 11.2 Å². The Morgan fingerprint density at radius 3 is 2.47 bits per heavy atom. The second kappa shape index (κ2) is 5.61. The van der Waals surface area contributed by atoms with Crippen LogP contribution in [0.15, 0.2) is 30.5 Å². The molecule has 0 aliphatic carbocycles. The lowest BCUT2D eigenvalue weighted by atomic mass is 9.89. The number of benzene rings is 1. The number of rotatable bonds is 2. The second-order valence-electron chi connectivity index (χ2n) is 4.45. The van der Waals surface area contributed by atoms with Crippen molar-refractivity contribution in [1.29, 1.82) is 5.26 Å². The van der Waals surface area contributed by atoms with Gasteiger partial charge in [0.15, 0.2) is 0 Å². The Morgan fingerprint density at radius 1 is 1.21 bits per heavy atom. The highest BCUT2D eigenvalue weighted by molar-refractivity contribution is 6.31. The summed E-state index contributed by atoms with van der Waals surface area (Å²) in [5, 5.41) is 10.5. The third-order valence-corrected chi connectivity index (χ3v) is 3.52. The minimum atomic E-state index is -0.433. The molecule has 1 aromatic carbocycles. The summed E-state index contributed by atoms with van der Waals surface area (Å²) < 4.78 is 0. The first-order chi connectivity index (χ1) is 9.02. The zero-order chi connectivity index (χ0) is 14.0. The lowest BCUT2D eigenvalue weighted by molar-refractivity contribution is 1.00. The monoisotopic (exact) mass is 290 g/mol. The van der Waals surface area contributed by atoms with E-state index in [1.165, 1.54) is 0 Å². The molecule has 2 aromatic rings. The van der Waals surface area contributed by atoms with Crippen LogP contribution in [0.25, 0.3) is 0 Å². The molecular weight excluding hydrogens is 279 g/mol. The van der Waals surface area contributed by atoms with Crippen LogP contribution in [-0.2, 0) is 0 Å². The average Bonchev–Trinajstić information content (AvgIpc) is 2.35. The van der Waals surface area contributed by atoms with Gasteiger partial charge < -0.3 is 0 Å². The van der Waals surface area contributed by atoms with Gasteiger partial charge >= 0.3 is 0 Å². The lowest BCUT2D eigenvalue weighted by Crippen LogP contribution is -2.03. The minimum Gasteiger partial charge on any atom is -0.244 e. The van der Waals surface area contributed by atoms with E-state index >= 15 is 0 Å². The summed E-state index contributed by atoms with van der Waals surface area (Å²) >= 11 is 12.1. The molecule has 2 nitrogen and oxygen atoms in total. The predicted octanol–water partition coefficient (Wildman–Crippen LogP) is 4.66. The van der Waals surface area contributed by atoms with Gasteiger partial charge in [-0.05, 0) is 48.2 Å². The molecule has 0 N–H and O–H groups in total. The predicted molar refractivity (Wildman–Crippen MR) is 77.6 cm³/mol. The summed E-state index contributed by atoms with van der Waals surface area (Å²) in [6, 6.07) is 9.67. The summed E-state index contributed by atoms with van der Waals surface area (Å²) in [4.78, 5) is 4.02. The third-order valence-electron chi connectivity index (χ3n) is 2.98. The Hall–Kier alpha value is -1.56. The molecule has 0 saturated carbocycles. The highest BCUT2D eigenvalue weighted by atomic mass is 35.5. The molecule has 1 atom stereocenters. The number of hydrogen-bond donors (Lipinski definition) is 0. The Labute approximate surface area is 122 Å². The van der Waals surface area contributed by atoms with Gasteiger partial charge in [0.25, 0.3) is 0 Å². The molecule has 96 valence electrons. The molecule has 19 heavy (non-hydrogen) atoms. The van der Waals surface area contributed by atoms with Crippen molar-refractivity contribution in [3.63, 3.8) is 0 Å². The van der Waals surface area contributed by atoms with E-state index in [0.29, 0.717) is 10.2 Å². The van der Waals surface area contributed by atoms with E-state index in [1.807, 2.05) is 26.0 Å². The third kappa shape index (κ3) is 2.89. The molecule has 0 saturated heterocycles. The van der Waals surface area contributed by atoms with Crippen LogP contribution in [-0.4, -0.2) is 4.98 Å². The topological polar surface area (TPSA) is 36.7 Å². The molecule has 4 heteroatoms. The van der Waals surface area contributed by atoms with Gasteiger partial charge in [-0.15, -0.1) is 0 Å². The number of halogens is 2. The van der Waals surface area contributed by atoms with Gasteiger partial charge in [0.2, 0.25) is 0 Å². The average molecular weight is 291 g/mol. The van der Waals surface area contributed by atoms with E-state index < -0.39 is 5.92 Å². The number of nitrogens with zero attached hydrogens (tertiary/aromatic N) is 2. The highest BCUT2D eigenvalue weighted by Crippen LogP contribution is 2.33. The van der Waals surface area contributed by atoms with Crippen molar-refractivity contribution in [2.45, 2.75) is 19.8 Å². The Balaban J connectivity index is 2.55. The molecule has 0 aliphatic heterocycles. The molecule has 0 fully saturated rings. The van der Waals surface area contributed by atoms with Crippen molar-refractivity contribution in [2.24, 2.45) is 0 Å². The van der Waals surface area contributed by atoms with Crippen LogP contribution >= 0.6 is 23.2 Å². The standard InChI is InChI=1S/C15H12Cl2N2/c1-9-5-10(2)15(13(16)6-9)12(7-18)11-3-4-14(17)19-8-11/h3-6,8,12H,1-2H3. The summed E-state index contributed by atoms with van der Waals surface area (Å²) in [5.74, 6) is -0.433. The molecule has 1 unspecified atom stereocenters. The smallest absolute Gasteiger partial charge is 0.129 e. The van der Waals surface area contributed by atoms with Gasteiger partial charge in [-0.3, -0.25) is 0 Å². The molecule has 0 aliphatic rings. The number of aromatic nitrogens is 1.